The molecule has 3 aliphatic rings. The minimum Gasteiger partial charge on any atom is -0.330 e. The van der Waals surface area contributed by atoms with Gasteiger partial charge in [0.25, 0.3) is 5.92 Å². The normalized spacial score (nSPS) is 31.5. The number of amides is 1. The van der Waals surface area contributed by atoms with Crippen LogP contribution in [0, 0.1) is 18.3 Å². The molecule has 25 heavy (non-hydrogen) atoms. The van der Waals surface area contributed by atoms with Crippen LogP contribution in [-0.4, -0.2) is 52.8 Å². The molecule has 136 valence electrons. The van der Waals surface area contributed by atoms with Gasteiger partial charge in [0.1, 0.15) is 0 Å². The molecule has 6 heteroatoms. The van der Waals surface area contributed by atoms with Crippen molar-refractivity contribution >= 4 is 5.91 Å². The number of hydrogen-bond acceptors (Lipinski definition) is 3. The molecule has 2 atom stereocenters. The summed E-state index contributed by atoms with van der Waals surface area (Å²) in [6.07, 6.45) is 3.89. The van der Waals surface area contributed by atoms with E-state index in [1.54, 1.807) is 0 Å². The quantitative estimate of drug-likeness (QED) is 0.842. The number of likely N-dealkylation sites (tertiary alicyclic amines) is 2. The largest absolute Gasteiger partial charge is 0.330 e. The van der Waals surface area contributed by atoms with Crippen molar-refractivity contribution in [2.75, 3.05) is 26.2 Å². The Hall–Kier alpha value is -1.56. The molecule has 0 bridgehead atoms. The highest BCUT2D eigenvalue weighted by molar-refractivity contribution is 5.81. The molecule has 0 radical (unpaired) electrons. The molecular formula is C19H25F2N3O. The molecule has 1 aromatic heterocycles. The van der Waals surface area contributed by atoms with Gasteiger partial charge in [0, 0.05) is 24.7 Å². The summed E-state index contributed by atoms with van der Waals surface area (Å²) in [6.45, 7) is 3.83. The van der Waals surface area contributed by atoms with Crippen LogP contribution in [0.5, 0.6) is 0 Å². The Morgan fingerprint density at radius 3 is 2.80 bits per heavy atom. The summed E-state index contributed by atoms with van der Waals surface area (Å²) in [5, 5.41) is 0. The number of alkyl halides is 2. The summed E-state index contributed by atoms with van der Waals surface area (Å²) < 4.78 is 26.3. The van der Waals surface area contributed by atoms with Crippen molar-refractivity contribution in [3.8, 4) is 0 Å². The van der Waals surface area contributed by atoms with E-state index >= 15 is 0 Å². The lowest BCUT2D eigenvalue weighted by atomic mass is 9.76. The number of halogens is 2. The van der Waals surface area contributed by atoms with Gasteiger partial charge in [-0.3, -0.25) is 14.7 Å². The molecule has 1 spiro atoms. The van der Waals surface area contributed by atoms with Crippen molar-refractivity contribution in [3.05, 3.63) is 29.6 Å². The molecule has 4 nitrogen and oxygen atoms in total. The van der Waals surface area contributed by atoms with Crippen LogP contribution in [0.2, 0.25) is 0 Å². The van der Waals surface area contributed by atoms with Crippen LogP contribution in [0.4, 0.5) is 8.78 Å². The van der Waals surface area contributed by atoms with Gasteiger partial charge in [0.15, 0.2) is 0 Å². The number of rotatable bonds is 3. The second-order valence-corrected chi connectivity index (χ2v) is 8.09. The Bertz CT molecular complexity index is 672. The minimum absolute atomic E-state index is 0.0220. The molecule has 1 saturated carbocycles. The van der Waals surface area contributed by atoms with E-state index in [2.05, 4.69) is 9.88 Å². The van der Waals surface area contributed by atoms with E-state index in [-0.39, 0.29) is 17.2 Å². The maximum Gasteiger partial charge on any atom is 0.282 e. The van der Waals surface area contributed by atoms with Gasteiger partial charge in [-0.2, -0.15) is 0 Å². The molecule has 1 aromatic rings. The van der Waals surface area contributed by atoms with Gasteiger partial charge in [0.05, 0.1) is 18.8 Å². The highest BCUT2D eigenvalue weighted by atomic mass is 19.3. The van der Waals surface area contributed by atoms with Crippen molar-refractivity contribution in [2.24, 2.45) is 11.3 Å². The molecule has 0 aromatic carbocycles. The SMILES string of the molecule is Cc1cccc(CN2CC[C@@]3(CCC[C@H]3C(=O)N3CC(F)(F)C3)C2)n1. The first-order chi connectivity index (χ1) is 11.9. The van der Waals surface area contributed by atoms with E-state index in [0.717, 1.165) is 56.7 Å². The molecule has 1 amide bonds. The van der Waals surface area contributed by atoms with Crippen LogP contribution in [0.15, 0.2) is 18.2 Å². The average molecular weight is 349 g/mol. The topological polar surface area (TPSA) is 36.4 Å². The second kappa shape index (κ2) is 6.01. The fourth-order valence-corrected chi connectivity index (χ4v) is 4.94. The monoisotopic (exact) mass is 349 g/mol. The summed E-state index contributed by atoms with van der Waals surface area (Å²) in [5.74, 6) is -2.81. The summed E-state index contributed by atoms with van der Waals surface area (Å²) in [5.41, 5.74) is 2.05. The van der Waals surface area contributed by atoms with Crippen LogP contribution in [-0.2, 0) is 11.3 Å². The third-order valence-corrected chi connectivity index (χ3v) is 6.16. The number of hydrogen-bond donors (Lipinski definition) is 0. The number of nitrogens with zero attached hydrogens (tertiary/aromatic N) is 3. The Balaban J connectivity index is 1.42. The molecule has 3 heterocycles. The Labute approximate surface area is 147 Å². The fraction of sp³-hybridized carbons (Fsp3) is 0.684. The van der Waals surface area contributed by atoms with Gasteiger partial charge < -0.3 is 4.90 Å². The zero-order valence-electron chi connectivity index (χ0n) is 14.7. The first-order valence-corrected chi connectivity index (χ1v) is 9.18. The molecule has 0 unspecified atom stereocenters. The van der Waals surface area contributed by atoms with Crippen molar-refractivity contribution in [1.29, 1.82) is 0 Å². The van der Waals surface area contributed by atoms with Gasteiger partial charge in [-0.05, 0) is 50.3 Å². The zero-order valence-corrected chi connectivity index (χ0v) is 14.7. The Morgan fingerprint density at radius 1 is 1.28 bits per heavy atom. The van der Waals surface area contributed by atoms with Crippen LogP contribution in [0.3, 0.4) is 0 Å². The number of pyridine rings is 1. The summed E-state index contributed by atoms with van der Waals surface area (Å²) in [6, 6.07) is 6.05. The lowest BCUT2D eigenvalue weighted by Gasteiger charge is -2.42. The molecular weight excluding hydrogens is 324 g/mol. The predicted octanol–water partition coefficient (Wildman–Crippen LogP) is 2.86. The summed E-state index contributed by atoms with van der Waals surface area (Å²) >= 11 is 0. The van der Waals surface area contributed by atoms with Crippen molar-refractivity contribution in [2.45, 2.75) is 45.1 Å². The maximum atomic E-state index is 13.1. The van der Waals surface area contributed by atoms with Crippen molar-refractivity contribution in [1.82, 2.24) is 14.8 Å². The number of aryl methyl sites for hydroxylation is 1. The van der Waals surface area contributed by atoms with Crippen molar-refractivity contribution in [3.63, 3.8) is 0 Å². The molecule has 0 N–H and O–H groups in total. The lowest BCUT2D eigenvalue weighted by molar-refractivity contribution is -0.172. The zero-order chi connectivity index (χ0) is 17.7. The van der Waals surface area contributed by atoms with E-state index in [4.69, 9.17) is 0 Å². The van der Waals surface area contributed by atoms with E-state index < -0.39 is 19.0 Å². The molecule has 3 fully saturated rings. The highest BCUT2D eigenvalue weighted by Gasteiger charge is 2.55. The van der Waals surface area contributed by atoms with E-state index in [1.165, 1.54) is 4.90 Å². The summed E-state index contributed by atoms with van der Waals surface area (Å²) in [4.78, 5) is 21.1. The second-order valence-electron chi connectivity index (χ2n) is 8.09. The van der Waals surface area contributed by atoms with Gasteiger partial charge in [-0.1, -0.05) is 12.5 Å². The molecule has 4 rings (SSSR count). The number of carbonyl (C=O) groups is 1. The third-order valence-electron chi connectivity index (χ3n) is 6.16. The first-order valence-electron chi connectivity index (χ1n) is 9.18. The highest BCUT2D eigenvalue weighted by Crippen LogP contribution is 2.51. The fourth-order valence-electron chi connectivity index (χ4n) is 4.94. The first kappa shape index (κ1) is 16.9. The van der Waals surface area contributed by atoms with Gasteiger partial charge in [-0.25, -0.2) is 8.78 Å². The Morgan fingerprint density at radius 2 is 2.08 bits per heavy atom. The van der Waals surface area contributed by atoms with Crippen LogP contribution < -0.4 is 0 Å². The van der Waals surface area contributed by atoms with E-state index in [9.17, 15) is 13.6 Å². The molecule has 2 saturated heterocycles. The van der Waals surface area contributed by atoms with E-state index in [0.29, 0.717) is 0 Å². The number of aromatic nitrogens is 1. The van der Waals surface area contributed by atoms with Crippen molar-refractivity contribution < 1.29 is 13.6 Å². The minimum atomic E-state index is -2.68. The lowest BCUT2D eigenvalue weighted by Crippen LogP contribution is -2.60. The van der Waals surface area contributed by atoms with Crippen LogP contribution >= 0.6 is 0 Å². The maximum absolute atomic E-state index is 13.1. The number of carbonyl (C=O) groups excluding carboxylic acids is 1. The van der Waals surface area contributed by atoms with Crippen LogP contribution in [0.1, 0.15) is 37.1 Å². The Kier molecular flexibility index (Phi) is 4.06. The molecule has 2 aliphatic heterocycles. The third kappa shape index (κ3) is 3.16. The van der Waals surface area contributed by atoms with Gasteiger partial charge in [-0.15, -0.1) is 0 Å². The van der Waals surface area contributed by atoms with Gasteiger partial charge >= 0.3 is 0 Å². The van der Waals surface area contributed by atoms with Gasteiger partial charge in [0.2, 0.25) is 5.91 Å². The smallest absolute Gasteiger partial charge is 0.282 e. The summed E-state index contributed by atoms with van der Waals surface area (Å²) in [7, 11) is 0. The van der Waals surface area contributed by atoms with Crippen LogP contribution in [0.25, 0.3) is 0 Å². The average Bonchev–Trinajstić information content (AvgIpc) is 3.12. The molecule has 1 aliphatic carbocycles. The van der Waals surface area contributed by atoms with E-state index in [1.807, 2.05) is 25.1 Å². The predicted molar refractivity (Wildman–Crippen MR) is 90.2 cm³/mol. The standard InChI is InChI=1S/C19H25F2N3O/c1-14-4-2-5-15(22-14)10-23-9-8-18(11-23)7-3-6-16(18)17(25)24-12-19(20,21)13-24/h2,4-5,16H,3,6-13H2,1H3/t16-,18-/m0/s1.